The fourth-order valence-electron chi connectivity index (χ4n) is 4.39. The molecule has 0 amide bonds. The average molecular weight is 422 g/mol. The summed E-state index contributed by atoms with van der Waals surface area (Å²) in [6.45, 7) is 5.15. The number of halogens is 1. The third-order valence-corrected chi connectivity index (χ3v) is 6.09. The van der Waals surface area contributed by atoms with Gasteiger partial charge >= 0.3 is 0 Å². The second-order valence-corrected chi connectivity index (χ2v) is 8.37. The average Bonchev–Trinajstić information content (AvgIpc) is 3.24. The van der Waals surface area contributed by atoms with Crippen molar-refractivity contribution in [1.82, 2.24) is 24.9 Å². The fraction of sp³-hybridized carbons (Fsp3) is 0.364. The highest BCUT2D eigenvalue weighted by Gasteiger charge is 2.22. The first-order chi connectivity index (χ1) is 14.7. The van der Waals surface area contributed by atoms with E-state index in [0.717, 1.165) is 53.3 Å². The van der Waals surface area contributed by atoms with Gasteiger partial charge in [-0.05, 0) is 48.9 Å². The van der Waals surface area contributed by atoms with Crippen molar-refractivity contribution >= 4 is 45.2 Å². The summed E-state index contributed by atoms with van der Waals surface area (Å²) in [5.74, 6) is 1.43. The van der Waals surface area contributed by atoms with E-state index in [2.05, 4.69) is 49.2 Å². The van der Waals surface area contributed by atoms with Crippen molar-refractivity contribution in [2.24, 2.45) is 5.92 Å². The Hall–Kier alpha value is -2.93. The summed E-state index contributed by atoms with van der Waals surface area (Å²) in [5.41, 5.74) is 4.90. The van der Waals surface area contributed by atoms with E-state index in [1.807, 2.05) is 12.3 Å². The molecule has 5 rings (SSSR count). The Morgan fingerprint density at radius 1 is 1.27 bits per heavy atom. The van der Waals surface area contributed by atoms with Crippen molar-refractivity contribution in [2.45, 2.75) is 26.2 Å². The predicted molar refractivity (Wildman–Crippen MR) is 121 cm³/mol. The monoisotopic (exact) mass is 421 g/mol. The molecule has 1 saturated heterocycles. The molecule has 7 nitrogen and oxygen atoms in total. The van der Waals surface area contributed by atoms with Crippen molar-refractivity contribution in [3.63, 3.8) is 0 Å². The number of piperidine rings is 1. The molecule has 8 heteroatoms. The van der Waals surface area contributed by atoms with Gasteiger partial charge in [-0.25, -0.2) is 15.0 Å². The van der Waals surface area contributed by atoms with Gasteiger partial charge in [-0.15, -0.1) is 0 Å². The van der Waals surface area contributed by atoms with Crippen LogP contribution in [0, 0.1) is 5.92 Å². The van der Waals surface area contributed by atoms with E-state index >= 15 is 0 Å². The number of hydrogen-bond acceptors (Lipinski definition) is 6. The smallest absolute Gasteiger partial charge is 0.182 e. The van der Waals surface area contributed by atoms with Crippen LogP contribution in [0.25, 0.3) is 22.1 Å². The van der Waals surface area contributed by atoms with E-state index in [0.29, 0.717) is 11.6 Å². The van der Waals surface area contributed by atoms with E-state index < -0.39 is 0 Å². The standard InChI is InChI=1S/C22H24ClN7/c1-14-4-3-9-30(11-14)20-15(10-17(23)16-5-2-7-24-18(16)20)6-8-25-21-19-22(27-12-26-19)29-13-28-21/h2,5,7,10,12-14H,3-4,6,8-9,11H2,1H3,(H2,25,26,27,28,29). The number of hydrogen-bond donors (Lipinski definition) is 2. The quantitative estimate of drug-likeness (QED) is 0.495. The third kappa shape index (κ3) is 3.54. The van der Waals surface area contributed by atoms with Gasteiger partial charge in [0.25, 0.3) is 0 Å². The Labute approximate surface area is 179 Å². The molecule has 1 aliphatic rings. The number of nitrogens with one attached hydrogen (secondary N) is 2. The molecule has 1 unspecified atom stereocenters. The van der Waals surface area contributed by atoms with Gasteiger partial charge in [-0.3, -0.25) is 4.98 Å². The Bertz CT molecular complexity index is 1190. The summed E-state index contributed by atoms with van der Waals surface area (Å²) in [6, 6.07) is 6.11. The van der Waals surface area contributed by atoms with Gasteiger partial charge in [0, 0.05) is 31.2 Å². The first kappa shape index (κ1) is 19.1. The zero-order valence-corrected chi connectivity index (χ0v) is 17.7. The Kier molecular flexibility index (Phi) is 5.12. The molecule has 3 aromatic heterocycles. The van der Waals surface area contributed by atoms with Crippen LogP contribution in [-0.4, -0.2) is 44.6 Å². The van der Waals surface area contributed by atoms with E-state index in [-0.39, 0.29) is 0 Å². The number of nitrogens with zero attached hydrogens (tertiary/aromatic N) is 5. The molecule has 30 heavy (non-hydrogen) atoms. The summed E-state index contributed by atoms with van der Waals surface area (Å²) in [5, 5.41) is 5.19. The maximum atomic E-state index is 6.65. The molecule has 0 spiro atoms. The SMILES string of the molecule is CC1CCCN(c2c(CCNc3ncnc4nc[nH]c34)cc(Cl)c3cccnc23)C1. The van der Waals surface area contributed by atoms with E-state index in [1.165, 1.54) is 30.4 Å². The minimum Gasteiger partial charge on any atom is -0.369 e. The van der Waals surface area contributed by atoms with Crippen LogP contribution in [0.5, 0.6) is 0 Å². The number of rotatable bonds is 5. The number of benzene rings is 1. The number of H-pyrrole nitrogens is 1. The molecule has 0 radical (unpaired) electrons. The lowest BCUT2D eigenvalue weighted by molar-refractivity contribution is 0.447. The highest BCUT2D eigenvalue weighted by Crippen LogP contribution is 2.36. The molecule has 1 aliphatic heterocycles. The van der Waals surface area contributed by atoms with Gasteiger partial charge in [0.05, 0.1) is 22.6 Å². The normalized spacial score (nSPS) is 17.0. The van der Waals surface area contributed by atoms with Crippen LogP contribution in [0.15, 0.2) is 37.1 Å². The highest BCUT2D eigenvalue weighted by molar-refractivity contribution is 6.36. The number of imidazole rings is 1. The summed E-state index contributed by atoms with van der Waals surface area (Å²) < 4.78 is 0. The largest absolute Gasteiger partial charge is 0.369 e. The number of pyridine rings is 1. The lowest BCUT2D eigenvalue weighted by Gasteiger charge is -2.35. The molecule has 1 atom stereocenters. The second kappa shape index (κ2) is 8.07. The van der Waals surface area contributed by atoms with Gasteiger partial charge in [0.1, 0.15) is 11.8 Å². The molecule has 1 aromatic carbocycles. The topological polar surface area (TPSA) is 82.6 Å². The molecular weight excluding hydrogens is 398 g/mol. The minimum absolute atomic E-state index is 0.661. The van der Waals surface area contributed by atoms with Crippen LogP contribution < -0.4 is 10.2 Å². The van der Waals surface area contributed by atoms with E-state index in [1.54, 1.807) is 6.33 Å². The molecule has 4 aromatic rings. The second-order valence-electron chi connectivity index (χ2n) is 7.96. The van der Waals surface area contributed by atoms with Crippen molar-refractivity contribution in [3.05, 3.63) is 47.6 Å². The van der Waals surface area contributed by atoms with Gasteiger partial charge in [0.15, 0.2) is 11.5 Å². The number of anilines is 2. The molecular formula is C22H24ClN7. The molecule has 0 saturated carbocycles. The maximum Gasteiger partial charge on any atom is 0.182 e. The van der Waals surface area contributed by atoms with Crippen molar-refractivity contribution in [1.29, 1.82) is 0 Å². The van der Waals surface area contributed by atoms with Crippen LogP contribution in [0.3, 0.4) is 0 Å². The van der Waals surface area contributed by atoms with Gasteiger partial charge in [0.2, 0.25) is 0 Å². The van der Waals surface area contributed by atoms with Crippen molar-refractivity contribution in [2.75, 3.05) is 29.9 Å². The summed E-state index contributed by atoms with van der Waals surface area (Å²) in [6.07, 6.45) is 8.31. The third-order valence-electron chi connectivity index (χ3n) is 5.78. The predicted octanol–water partition coefficient (Wildman–Crippen LogP) is 4.45. The number of fused-ring (bicyclic) bond motifs is 2. The molecule has 2 N–H and O–H groups in total. The first-order valence-electron chi connectivity index (χ1n) is 10.4. The number of aromatic amines is 1. The Morgan fingerprint density at radius 2 is 2.20 bits per heavy atom. The van der Waals surface area contributed by atoms with Gasteiger partial charge in [-0.1, -0.05) is 18.5 Å². The molecule has 0 aliphatic carbocycles. The lowest BCUT2D eigenvalue weighted by atomic mass is 9.97. The maximum absolute atomic E-state index is 6.65. The zero-order chi connectivity index (χ0) is 20.5. The zero-order valence-electron chi connectivity index (χ0n) is 16.9. The van der Waals surface area contributed by atoms with Crippen LogP contribution in [0.2, 0.25) is 5.02 Å². The van der Waals surface area contributed by atoms with E-state index in [4.69, 9.17) is 16.6 Å². The van der Waals surface area contributed by atoms with Crippen LogP contribution in [0.4, 0.5) is 11.5 Å². The summed E-state index contributed by atoms with van der Waals surface area (Å²) in [7, 11) is 0. The fourth-order valence-corrected chi connectivity index (χ4v) is 4.67. The van der Waals surface area contributed by atoms with Crippen molar-refractivity contribution in [3.8, 4) is 0 Å². The first-order valence-corrected chi connectivity index (χ1v) is 10.8. The molecule has 0 bridgehead atoms. The Balaban J connectivity index is 1.47. The lowest BCUT2D eigenvalue weighted by Crippen LogP contribution is -2.35. The minimum atomic E-state index is 0.661. The highest BCUT2D eigenvalue weighted by atomic mass is 35.5. The van der Waals surface area contributed by atoms with E-state index in [9.17, 15) is 0 Å². The van der Waals surface area contributed by atoms with Crippen LogP contribution in [0.1, 0.15) is 25.3 Å². The Morgan fingerprint density at radius 3 is 3.10 bits per heavy atom. The summed E-state index contributed by atoms with van der Waals surface area (Å²) >= 11 is 6.65. The summed E-state index contributed by atoms with van der Waals surface area (Å²) in [4.78, 5) is 23.0. The van der Waals surface area contributed by atoms with Crippen LogP contribution >= 0.6 is 11.6 Å². The van der Waals surface area contributed by atoms with Crippen molar-refractivity contribution < 1.29 is 0 Å². The molecule has 1 fully saturated rings. The molecule has 154 valence electrons. The molecule has 4 heterocycles. The van der Waals surface area contributed by atoms with Crippen LogP contribution in [-0.2, 0) is 6.42 Å². The number of aromatic nitrogens is 5. The van der Waals surface area contributed by atoms with Gasteiger partial charge in [-0.2, -0.15) is 0 Å². The van der Waals surface area contributed by atoms with Gasteiger partial charge < -0.3 is 15.2 Å².